The van der Waals surface area contributed by atoms with Crippen LogP contribution in [0.4, 0.5) is 5.69 Å². The van der Waals surface area contributed by atoms with Crippen molar-refractivity contribution in [3.8, 4) is 0 Å². The van der Waals surface area contributed by atoms with Gasteiger partial charge in [0.1, 0.15) is 11.6 Å². The third-order valence-electron chi connectivity index (χ3n) is 9.12. The van der Waals surface area contributed by atoms with Gasteiger partial charge in [-0.05, 0) is 65.5 Å². The van der Waals surface area contributed by atoms with Gasteiger partial charge in [0.15, 0.2) is 0 Å². The summed E-state index contributed by atoms with van der Waals surface area (Å²) in [6.07, 6.45) is 7.63. The van der Waals surface area contributed by atoms with Crippen LogP contribution in [-0.2, 0) is 19.1 Å². The van der Waals surface area contributed by atoms with Gasteiger partial charge in [0, 0.05) is 37.5 Å². The highest BCUT2D eigenvalue weighted by Gasteiger charge is 2.78. The lowest BCUT2D eigenvalue weighted by molar-refractivity contribution is -0.154. The molecule has 3 heterocycles. The molecule has 3 saturated heterocycles. The summed E-state index contributed by atoms with van der Waals surface area (Å²) in [6, 6.07) is 8.61. The minimum absolute atomic E-state index is 0.135. The second kappa shape index (κ2) is 12.1. The number of para-hydroxylation sites is 1. The number of benzene rings is 1. The Kier molecular flexibility index (Phi) is 9.14. The first kappa shape index (κ1) is 31.0. The molecule has 0 saturated carbocycles. The molecule has 1 aromatic rings. The number of anilines is 1. The molecule has 1 spiro atoms. The van der Waals surface area contributed by atoms with E-state index in [9.17, 15) is 19.5 Å². The van der Waals surface area contributed by atoms with E-state index in [1.807, 2.05) is 58.0 Å². The van der Waals surface area contributed by atoms with Gasteiger partial charge in [0.2, 0.25) is 17.7 Å². The van der Waals surface area contributed by atoms with Crippen LogP contribution in [0, 0.1) is 11.8 Å². The van der Waals surface area contributed by atoms with Crippen LogP contribution in [0.25, 0.3) is 0 Å². The normalized spacial score (nSPS) is 28.5. The largest absolute Gasteiger partial charge is 0.396 e. The van der Waals surface area contributed by atoms with Crippen LogP contribution in [0.15, 0.2) is 55.6 Å². The average Bonchev–Trinajstić information content (AvgIpc) is 3.50. The number of amides is 3. The number of hydrogen-bond acceptors (Lipinski definition) is 5. The van der Waals surface area contributed by atoms with Crippen molar-refractivity contribution in [3.63, 3.8) is 0 Å². The van der Waals surface area contributed by atoms with Crippen molar-refractivity contribution in [2.45, 2.75) is 89.0 Å². The maximum Gasteiger partial charge on any atom is 0.249 e. The fraction of sp³-hybridized carbons (Fsp3) is 0.606. The molecule has 2 bridgehead atoms. The molecule has 0 aromatic heterocycles. The first-order valence-corrected chi connectivity index (χ1v) is 15.0. The van der Waals surface area contributed by atoms with Gasteiger partial charge in [-0.3, -0.25) is 14.4 Å². The summed E-state index contributed by atoms with van der Waals surface area (Å²) in [6.45, 7) is 16.8. The molecule has 224 valence electrons. The molecule has 4 rings (SSSR count). The third kappa shape index (κ3) is 5.48. The predicted octanol–water partition coefficient (Wildman–Crippen LogP) is 4.34. The van der Waals surface area contributed by atoms with Crippen LogP contribution in [0.2, 0.25) is 0 Å². The summed E-state index contributed by atoms with van der Waals surface area (Å²) in [5, 5.41) is 9.19. The summed E-state index contributed by atoms with van der Waals surface area (Å²) in [7, 11) is 0. The fourth-order valence-corrected chi connectivity index (χ4v) is 7.27. The van der Waals surface area contributed by atoms with Gasteiger partial charge in [-0.2, -0.15) is 0 Å². The Morgan fingerprint density at radius 1 is 1.05 bits per heavy atom. The lowest BCUT2D eigenvalue weighted by Crippen LogP contribution is -2.60. The number of fused-ring (bicyclic) bond motifs is 1. The van der Waals surface area contributed by atoms with Crippen molar-refractivity contribution >= 4 is 23.4 Å². The van der Waals surface area contributed by atoms with Crippen molar-refractivity contribution in [1.82, 2.24) is 9.80 Å². The van der Waals surface area contributed by atoms with Crippen molar-refractivity contribution in [2.24, 2.45) is 11.8 Å². The summed E-state index contributed by atoms with van der Waals surface area (Å²) in [5.74, 6) is -1.98. The Balaban J connectivity index is 1.76. The Morgan fingerprint density at radius 2 is 1.71 bits per heavy atom. The van der Waals surface area contributed by atoms with Gasteiger partial charge < -0.3 is 24.5 Å². The number of carbonyl (C=O) groups is 3. The molecule has 3 aliphatic rings. The molecule has 2 unspecified atom stereocenters. The van der Waals surface area contributed by atoms with Gasteiger partial charge in [0.05, 0.1) is 17.4 Å². The number of aliphatic hydroxyl groups excluding tert-OH is 1. The van der Waals surface area contributed by atoms with Crippen molar-refractivity contribution in [2.75, 3.05) is 31.1 Å². The molecule has 8 heteroatoms. The minimum atomic E-state index is -1.07. The first-order valence-electron chi connectivity index (χ1n) is 15.0. The van der Waals surface area contributed by atoms with Crippen LogP contribution in [-0.4, -0.2) is 81.7 Å². The molecule has 3 aliphatic heterocycles. The summed E-state index contributed by atoms with van der Waals surface area (Å²) in [4.78, 5) is 48.5. The first-order chi connectivity index (χ1) is 19.5. The zero-order chi connectivity index (χ0) is 30.0. The monoisotopic (exact) mass is 565 g/mol. The lowest BCUT2D eigenvalue weighted by Gasteiger charge is -2.42. The summed E-state index contributed by atoms with van der Waals surface area (Å²) < 4.78 is 6.85. The molecule has 41 heavy (non-hydrogen) atoms. The number of ether oxygens (including phenoxy) is 1. The van der Waals surface area contributed by atoms with Crippen LogP contribution in [0.1, 0.15) is 66.2 Å². The van der Waals surface area contributed by atoms with E-state index in [2.05, 4.69) is 13.2 Å². The maximum absolute atomic E-state index is 14.5. The van der Waals surface area contributed by atoms with Crippen LogP contribution in [0.5, 0.6) is 0 Å². The smallest absolute Gasteiger partial charge is 0.249 e. The number of nitrogens with zero attached hydrogens (tertiary/aromatic N) is 3. The SMILES string of the molecule is C=CCN(C(=O)[C@@H]1[C@H]2C(=O)N(CCCCCCO)C(C(=O)N(CC=C)C(C)(C)C)C23CC[C@@]1(C)O3)c1ccccc1. The molecular weight excluding hydrogens is 518 g/mol. The highest BCUT2D eigenvalue weighted by molar-refractivity contribution is 6.03. The van der Waals surface area contributed by atoms with Crippen molar-refractivity contribution < 1.29 is 24.2 Å². The molecule has 8 nitrogen and oxygen atoms in total. The number of unbranched alkanes of at least 4 members (excludes halogenated alkanes) is 3. The van der Waals surface area contributed by atoms with Gasteiger partial charge in [-0.1, -0.05) is 43.2 Å². The fourth-order valence-electron chi connectivity index (χ4n) is 7.27. The summed E-state index contributed by atoms with van der Waals surface area (Å²) >= 11 is 0. The average molecular weight is 566 g/mol. The van der Waals surface area contributed by atoms with Crippen molar-refractivity contribution in [1.29, 1.82) is 0 Å². The van der Waals surface area contributed by atoms with E-state index >= 15 is 0 Å². The Hall–Kier alpha value is -2.97. The topological polar surface area (TPSA) is 90.4 Å². The minimum Gasteiger partial charge on any atom is -0.396 e. The second-order valence-corrected chi connectivity index (χ2v) is 12.9. The number of hydrogen-bond donors (Lipinski definition) is 1. The molecule has 3 amide bonds. The molecular formula is C33H47N3O5. The van der Waals surface area contributed by atoms with Gasteiger partial charge in [-0.15, -0.1) is 13.2 Å². The zero-order valence-electron chi connectivity index (χ0n) is 25.2. The maximum atomic E-state index is 14.5. The van der Waals surface area contributed by atoms with Crippen LogP contribution in [0.3, 0.4) is 0 Å². The Morgan fingerprint density at radius 3 is 2.32 bits per heavy atom. The van der Waals surface area contributed by atoms with E-state index in [-0.39, 0.29) is 24.3 Å². The Bertz CT molecular complexity index is 1150. The Labute approximate surface area is 245 Å². The van der Waals surface area contributed by atoms with Gasteiger partial charge >= 0.3 is 0 Å². The number of carbonyl (C=O) groups excluding carboxylic acids is 3. The lowest BCUT2D eigenvalue weighted by atomic mass is 9.66. The predicted molar refractivity (Wildman–Crippen MR) is 160 cm³/mol. The quantitative estimate of drug-likeness (QED) is 0.284. The van der Waals surface area contributed by atoms with E-state index in [4.69, 9.17) is 4.74 Å². The van der Waals surface area contributed by atoms with Crippen LogP contribution < -0.4 is 4.90 Å². The third-order valence-corrected chi connectivity index (χ3v) is 9.12. The molecule has 3 fully saturated rings. The highest BCUT2D eigenvalue weighted by atomic mass is 16.5. The molecule has 1 N–H and O–H groups in total. The van der Waals surface area contributed by atoms with Gasteiger partial charge in [0.25, 0.3) is 0 Å². The highest BCUT2D eigenvalue weighted by Crippen LogP contribution is 2.63. The molecule has 0 radical (unpaired) electrons. The van der Waals surface area contributed by atoms with Crippen molar-refractivity contribution in [3.05, 3.63) is 55.6 Å². The number of aliphatic hydroxyl groups is 1. The molecule has 1 aromatic carbocycles. The van der Waals surface area contributed by atoms with E-state index in [0.29, 0.717) is 45.3 Å². The van der Waals surface area contributed by atoms with E-state index < -0.39 is 34.6 Å². The van der Waals surface area contributed by atoms with E-state index in [1.165, 1.54) is 0 Å². The standard InChI is InChI=1S/C33H47N3O5/c1-7-20-34(24-16-12-11-13-17-24)28(38)25-26-29(39)35(22-14-9-10-15-23-37)27(33(26)19-18-32(25,6)41-33)30(40)36(21-8-2)31(3,4)5/h7-8,11-13,16-17,25-27,37H,1-2,9-10,14-15,18-23H2,3-6H3/t25-,26-,27?,32+,33?/m0/s1. The number of likely N-dealkylation sites (tertiary alicyclic amines) is 1. The summed E-state index contributed by atoms with van der Waals surface area (Å²) in [5.41, 5.74) is -1.70. The molecule has 0 aliphatic carbocycles. The van der Waals surface area contributed by atoms with E-state index in [0.717, 1.165) is 18.5 Å². The number of rotatable bonds is 13. The second-order valence-electron chi connectivity index (χ2n) is 12.9. The van der Waals surface area contributed by atoms with E-state index in [1.54, 1.807) is 26.9 Å². The zero-order valence-corrected chi connectivity index (χ0v) is 25.2. The van der Waals surface area contributed by atoms with Gasteiger partial charge in [-0.25, -0.2) is 0 Å². The molecule has 5 atom stereocenters. The van der Waals surface area contributed by atoms with Crippen LogP contribution >= 0.6 is 0 Å².